The fraction of sp³-hybridized carbons (Fsp3) is 0.333. The van der Waals surface area contributed by atoms with E-state index in [9.17, 15) is 0 Å². The van der Waals surface area contributed by atoms with Gasteiger partial charge in [0.25, 0.3) is 0 Å². The maximum absolute atomic E-state index is 5.95. The van der Waals surface area contributed by atoms with Crippen molar-refractivity contribution < 1.29 is 10.2 Å². The van der Waals surface area contributed by atoms with E-state index >= 15 is 0 Å². The van der Waals surface area contributed by atoms with Gasteiger partial charge < -0.3 is 15.1 Å². The first-order valence-corrected chi connectivity index (χ1v) is 10.6. The van der Waals surface area contributed by atoms with Crippen LogP contribution in [0.3, 0.4) is 0 Å². The summed E-state index contributed by atoms with van der Waals surface area (Å²) in [6, 6.07) is 26.4. The van der Waals surface area contributed by atoms with Crippen molar-refractivity contribution in [2.24, 2.45) is 5.92 Å². The second-order valence-electron chi connectivity index (χ2n) is 8.40. The first-order valence-electron chi connectivity index (χ1n) is 10.6. The molecule has 1 aliphatic rings. The van der Waals surface area contributed by atoms with Crippen molar-refractivity contribution in [2.45, 2.75) is 25.4 Å². The zero-order chi connectivity index (χ0) is 20.2. The first kappa shape index (κ1) is 25.1. The third-order valence-corrected chi connectivity index (χ3v) is 6.19. The van der Waals surface area contributed by atoms with Crippen LogP contribution >= 0.6 is 12.4 Å². The Hall–Kier alpha value is -2.17. The maximum atomic E-state index is 5.95. The molecule has 3 aromatic carbocycles. The quantitative estimate of drug-likeness (QED) is 0.485. The molecule has 0 heterocycles. The second kappa shape index (κ2) is 11.4. The van der Waals surface area contributed by atoms with Crippen LogP contribution < -0.4 is 0 Å². The number of nitrogens with zero attached hydrogens (tertiary/aromatic N) is 1. The fourth-order valence-electron chi connectivity index (χ4n) is 4.55. The minimum Gasteiger partial charge on any atom is -0.412 e. The summed E-state index contributed by atoms with van der Waals surface area (Å²) in [5.74, 6) is 0.603. The number of ether oxygens (including phenoxy) is 1. The molecule has 0 bridgehead atoms. The molecular weight excluding hydrogens is 406 g/mol. The highest BCUT2D eigenvalue weighted by Crippen LogP contribution is 2.40. The molecule has 0 amide bonds. The summed E-state index contributed by atoms with van der Waals surface area (Å²) >= 11 is 0. The van der Waals surface area contributed by atoms with Crippen molar-refractivity contribution in [1.29, 1.82) is 0 Å². The molecular formula is C27H34ClNO2. The molecule has 4 heteroatoms. The van der Waals surface area contributed by atoms with Crippen molar-refractivity contribution >= 4 is 12.4 Å². The Morgan fingerprint density at radius 3 is 2.03 bits per heavy atom. The van der Waals surface area contributed by atoms with Gasteiger partial charge in [0.05, 0.1) is 6.10 Å². The van der Waals surface area contributed by atoms with Gasteiger partial charge in [-0.2, -0.15) is 0 Å². The van der Waals surface area contributed by atoms with Gasteiger partial charge in [-0.1, -0.05) is 72.8 Å². The van der Waals surface area contributed by atoms with Crippen molar-refractivity contribution in [3.05, 3.63) is 83.9 Å². The molecule has 0 spiro atoms. The molecule has 0 aromatic heterocycles. The Kier molecular flexibility index (Phi) is 9.27. The zero-order valence-electron chi connectivity index (χ0n) is 18.7. The fourth-order valence-corrected chi connectivity index (χ4v) is 4.55. The maximum Gasteiger partial charge on any atom is 0.0852 e. The Morgan fingerprint density at radius 1 is 0.839 bits per heavy atom. The molecule has 4 rings (SSSR count). The minimum absolute atomic E-state index is 0. The SMILES string of the molecule is COC1c2ccc(-c3ccc(-c4ccccc4)cc3)cc2CCC1CCN(C)C.Cl.O. The molecule has 3 aromatic rings. The summed E-state index contributed by atoms with van der Waals surface area (Å²) in [5, 5.41) is 0. The van der Waals surface area contributed by atoms with Gasteiger partial charge in [0, 0.05) is 7.11 Å². The summed E-state index contributed by atoms with van der Waals surface area (Å²) in [4.78, 5) is 2.27. The number of fused-ring (bicyclic) bond motifs is 1. The van der Waals surface area contributed by atoms with Crippen molar-refractivity contribution in [3.8, 4) is 22.3 Å². The van der Waals surface area contributed by atoms with E-state index in [0.29, 0.717) is 5.92 Å². The Morgan fingerprint density at radius 2 is 1.42 bits per heavy atom. The van der Waals surface area contributed by atoms with E-state index in [0.717, 1.165) is 13.0 Å². The van der Waals surface area contributed by atoms with Crippen molar-refractivity contribution in [1.82, 2.24) is 4.90 Å². The van der Waals surface area contributed by atoms with E-state index in [4.69, 9.17) is 4.74 Å². The number of rotatable bonds is 6. The molecule has 0 saturated heterocycles. The van der Waals surface area contributed by atoms with Gasteiger partial charge in [0.15, 0.2) is 0 Å². The van der Waals surface area contributed by atoms with Crippen LogP contribution in [0.25, 0.3) is 22.3 Å². The predicted octanol–water partition coefficient (Wildman–Crippen LogP) is 5.82. The van der Waals surface area contributed by atoms with Crippen LogP contribution in [0.5, 0.6) is 0 Å². The highest BCUT2D eigenvalue weighted by Gasteiger charge is 2.29. The summed E-state index contributed by atoms with van der Waals surface area (Å²) in [6.07, 6.45) is 3.75. The second-order valence-corrected chi connectivity index (χ2v) is 8.40. The molecule has 1 aliphatic carbocycles. The van der Waals surface area contributed by atoms with Gasteiger partial charge >= 0.3 is 0 Å². The number of methoxy groups -OCH3 is 1. The molecule has 2 N–H and O–H groups in total. The van der Waals surface area contributed by atoms with Gasteiger partial charge in [-0.25, -0.2) is 0 Å². The highest BCUT2D eigenvalue weighted by molar-refractivity contribution is 5.85. The van der Waals surface area contributed by atoms with Gasteiger partial charge in [-0.05, 0) is 79.2 Å². The van der Waals surface area contributed by atoms with Gasteiger partial charge in [0.1, 0.15) is 0 Å². The van der Waals surface area contributed by atoms with E-state index in [-0.39, 0.29) is 24.0 Å². The lowest BCUT2D eigenvalue weighted by Gasteiger charge is -2.33. The number of halogens is 1. The molecule has 31 heavy (non-hydrogen) atoms. The summed E-state index contributed by atoms with van der Waals surface area (Å²) in [6.45, 7) is 1.12. The lowest BCUT2D eigenvalue weighted by Crippen LogP contribution is -2.26. The van der Waals surface area contributed by atoms with E-state index in [1.54, 1.807) is 0 Å². The monoisotopic (exact) mass is 439 g/mol. The molecule has 0 aliphatic heterocycles. The van der Waals surface area contributed by atoms with Crippen LogP contribution in [-0.2, 0) is 11.2 Å². The smallest absolute Gasteiger partial charge is 0.0852 e. The molecule has 0 radical (unpaired) electrons. The standard InChI is InChI=1S/C27H31NO.ClH.H2O/c1-28(2)18-17-23-13-14-25-19-24(15-16-26(25)27(23)29-3)22-11-9-21(10-12-22)20-7-5-4-6-8-20;;/h4-12,15-16,19,23,27H,13-14,17-18H2,1-3H3;1H;1H2. The van der Waals surface area contributed by atoms with Crippen LogP contribution in [0.2, 0.25) is 0 Å². The first-order chi connectivity index (χ1) is 14.2. The number of benzene rings is 3. The van der Waals surface area contributed by atoms with Crippen molar-refractivity contribution in [3.63, 3.8) is 0 Å². The summed E-state index contributed by atoms with van der Waals surface area (Å²) < 4.78 is 5.95. The highest BCUT2D eigenvalue weighted by atomic mass is 35.5. The molecule has 0 fully saturated rings. The Labute approximate surface area is 192 Å². The lowest BCUT2D eigenvalue weighted by atomic mass is 9.78. The van der Waals surface area contributed by atoms with Crippen LogP contribution in [0, 0.1) is 5.92 Å². The average molecular weight is 440 g/mol. The topological polar surface area (TPSA) is 44.0 Å². The van der Waals surface area contributed by atoms with E-state index in [1.807, 2.05) is 7.11 Å². The Balaban J connectivity index is 0.00000171. The Bertz CT molecular complexity index is 941. The minimum atomic E-state index is 0. The lowest BCUT2D eigenvalue weighted by molar-refractivity contribution is 0.0343. The molecule has 166 valence electrons. The van der Waals surface area contributed by atoms with Crippen molar-refractivity contribution in [2.75, 3.05) is 27.7 Å². The van der Waals surface area contributed by atoms with E-state index in [2.05, 4.69) is 91.8 Å². The predicted molar refractivity (Wildman–Crippen MR) is 133 cm³/mol. The molecule has 2 atom stereocenters. The van der Waals surface area contributed by atoms with Gasteiger partial charge in [-0.15, -0.1) is 12.4 Å². The molecule has 2 unspecified atom stereocenters. The molecule has 3 nitrogen and oxygen atoms in total. The number of aryl methyl sites for hydroxylation is 1. The van der Waals surface area contributed by atoms with Crippen LogP contribution in [0.1, 0.15) is 30.1 Å². The zero-order valence-corrected chi connectivity index (χ0v) is 19.5. The van der Waals surface area contributed by atoms with Crippen LogP contribution in [0.4, 0.5) is 0 Å². The van der Waals surface area contributed by atoms with Crippen LogP contribution in [0.15, 0.2) is 72.8 Å². The third-order valence-electron chi connectivity index (χ3n) is 6.19. The summed E-state index contributed by atoms with van der Waals surface area (Å²) in [7, 11) is 6.15. The number of hydrogen-bond donors (Lipinski definition) is 0. The van der Waals surface area contributed by atoms with E-state index < -0.39 is 0 Å². The van der Waals surface area contributed by atoms with Gasteiger partial charge in [-0.3, -0.25) is 0 Å². The molecule has 0 saturated carbocycles. The number of hydrogen-bond acceptors (Lipinski definition) is 2. The van der Waals surface area contributed by atoms with Crippen LogP contribution in [-0.4, -0.2) is 38.1 Å². The third kappa shape index (κ3) is 5.75. The largest absolute Gasteiger partial charge is 0.412 e. The van der Waals surface area contributed by atoms with Gasteiger partial charge in [0.2, 0.25) is 0 Å². The normalized spacial score (nSPS) is 17.4. The summed E-state index contributed by atoms with van der Waals surface area (Å²) in [5.41, 5.74) is 7.92. The average Bonchev–Trinajstić information content (AvgIpc) is 2.77. The van der Waals surface area contributed by atoms with E-state index in [1.165, 1.54) is 46.2 Å².